The van der Waals surface area contributed by atoms with E-state index in [2.05, 4.69) is 19.9 Å². The van der Waals surface area contributed by atoms with Gasteiger partial charge in [0.2, 0.25) is 0 Å². The molecule has 3 rings (SSSR count). The zero-order chi connectivity index (χ0) is 10.8. The highest BCUT2D eigenvalue weighted by atomic mass is 15.1. The van der Waals surface area contributed by atoms with Crippen LogP contribution >= 0.6 is 0 Å². The largest absolute Gasteiger partial charge is 0.311 e. The molecule has 0 saturated heterocycles. The van der Waals surface area contributed by atoms with Gasteiger partial charge in [-0.05, 0) is 17.7 Å². The van der Waals surface area contributed by atoms with E-state index in [-0.39, 0.29) is 0 Å². The molecule has 0 N–H and O–H groups in total. The monoisotopic (exact) mass is 211 g/mol. The van der Waals surface area contributed by atoms with Crippen molar-refractivity contribution in [2.75, 3.05) is 0 Å². The van der Waals surface area contributed by atoms with Gasteiger partial charge in [-0.3, -0.25) is 4.98 Å². The first-order valence-corrected chi connectivity index (χ1v) is 4.93. The Kier molecular flexibility index (Phi) is 2.07. The van der Waals surface area contributed by atoms with Crippen LogP contribution in [0.5, 0.6) is 0 Å². The van der Waals surface area contributed by atoms with Crippen LogP contribution in [0.25, 0.3) is 11.2 Å². The predicted octanol–water partition coefficient (Wildman–Crippen LogP) is 1.27. The third kappa shape index (κ3) is 1.52. The second kappa shape index (κ2) is 3.69. The Bertz CT molecular complexity index is 602. The fraction of sp³-hybridized carbons (Fsp3) is 0.0909. The molecule has 3 aromatic heterocycles. The maximum atomic E-state index is 4.24. The number of pyridine rings is 1. The number of fused-ring (bicyclic) bond motifs is 1. The van der Waals surface area contributed by atoms with Crippen LogP contribution in [0.3, 0.4) is 0 Å². The highest BCUT2D eigenvalue weighted by molar-refractivity contribution is 5.68. The fourth-order valence-electron chi connectivity index (χ4n) is 1.62. The second-order valence-electron chi connectivity index (χ2n) is 3.46. The van der Waals surface area contributed by atoms with Gasteiger partial charge in [0.25, 0.3) is 0 Å². The third-order valence-corrected chi connectivity index (χ3v) is 2.38. The maximum Gasteiger partial charge on any atom is 0.163 e. The van der Waals surface area contributed by atoms with Crippen LogP contribution in [-0.2, 0) is 6.54 Å². The molecular formula is C11H9N5. The topological polar surface area (TPSA) is 56.5 Å². The summed E-state index contributed by atoms with van der Waals surface area (Å²) in [4.78, 5) is 16.4. The summed E-state index contributed by atoms with van der Waals surface area (Å²) in [6.07, 6.45) is 8.59. The zero-order valence-corrected chi connectivity index (χ0v) is 8.48. The van der Waals surface area contributed by atoms with E-state index in [4.69, 9.17) is 0 Å². The minimum absolute atomic E-state index is 0.746. The van der Waals surface area contributed by atoms with Crippen LogP contribution < -0.4 is 0 Å². The van der Waals surface area contributed by atoms with Gasteiger partial charge in [0.15, 0.2) is 5.65 Å². The lowest BCUT2D eigenvalue weighted by Crippen LogP contribution is -1.99. The van der Waals surface area contributed by atoms with Gasteiger partial charge in [0, 0.05) is 12.4 Å². The Morgan fingerprint density at radius 2 is 1.94 bits per heavy atom. The van der Waals surface area contributed by atoms with Crippen LogP contribution in [-0.4, -0.2) is 24.5 Å². The van der Waals surface area contributed by atoms with Crippen molar-refractivity contribution in [1.82, 2.24) is 24.5 Å². The van der Waals surface area contributed by atoms with Crippen LogP contribution in [0.2, 0.25) is 0 Å². The predicted molar refractivity (Wildman–Crippen MR) is 58.7 cm³/mol. The molecule has 3 aromatic rings. The van der Waals surface area contributed by atoms with Crippen LogP contribution in [0.1, 0.15) is 5.56 Å². The summed E-state index contributed by atoms with van der Waals surface area (Å²) in [6.45, 7) is 0.746. The van der Waals surface area contributed by atoms with Gasteiger partial charge in [-0.2, -0.15) is 0 Å². The van der Waals surface area contributed by atoms with E-state index in [0.717, 1.165) is 17.7 Å². The molecule has 0 fully saturated rings. The van der Waals surface area contributed by atoms with E-state index in [0.29, 0.717) is 0 Å². The average molecular weight is 211 g/mol. The molecule has 0 bridgehead atoms. The normalized spacial score (nSPS) is 10.8. The Hall–Kier alpha value is -2.30. The first-order chi connectivity index (χ1) is 7.93. The molecule has 16 heavy (non-hydrogen) atoms. The van der Waals surface area contributed by atoms with Crippen molar-refractivity contribution in [2.24, 2.45) is 0 Å². The fourth-order valence-corrected chi connectivity index (χ4v) is 1.62. The average Bonchev–Trinajstić information content (AvgIpc) is 2.74. The molecule has 0 spiro atoms. The molecule has 78 valence electrons. The molecular weight excluding hydrogens is 202 g/mol. The van der Waals surface area contributed by atoms with Crippen LogP contribution in [0.15, 0.2) is 43.4 Å². The summed E-state index contributed by atoms with van der Waals surface area (Å²) in [6, 6.07) is 3.96. The number of hydrogen-bond donors (Lipinski definition) is 0. The highest BCUT2D eigenvalue weighted by Crippen LogP contribution is 2.09. The van der Waals surface area contributed by atoms with Crippen molar-refractivity contribution < 1.29 is 0 Å². The van der Waals surface area contributed by atoms with Crippen molar-refractivity contribution in [3.05, 3.63) is 48.9 Å². The molecule has 3 heterocycles. The first-order valence-electron chi connectivity index (χ1n) is 4.93. The minimum atomic E-state index is 0.746. The lowest BCUT2D eigenvalue weighted by molar-refractivity contribution is 0.811. The second-order valence-corrected chi connectivity index (χ2v) is 3.46. The van der Waals surface area contributed by atoms with Crippen molar-refractivity contribution >= 4 is 11.2 Å². The van der Waals surface area contributed by atoms with Gasteiger partial charge in [0.05, 0.1) is 19.1 Å². The summed E-state index contributed by atoms with van der Waals surface area (Å²) in [7, 11) is 0. The van der Waals surface area contributed by atoms with Crippen molar-refractivity contribution in [2.45, 2.75) is 6.54 Å². The lowest BCUT2D eigenvalue weighted by atomic mass is 10.3. The number of nitrogens with zero attached hydrogens (tertiary/aromatic N) is 5. The van der Waals surface area contributed by atoms with Gasteiger partial charge in [0.1, 0.15) is 11.8 Å². The minimum Gasteiger partial charge on any atom is -0.311 e. The van der Waals surface area contributed by atoms with E-state index in [1.807, 2.05) is 16.7 Å². The van der Waals surface area contributed by atoms with Gasteiger partial charge >= 0.3 is 0 Å². The molecule has 0 unspecified atom stereocenters. The van der Waals surface area contributed by atoms with Gasteiger partial charge in [-0.1, -0.05) is 0 Å². The molecule has 0 aromatic carbocycles. The summed E-state index contributed by atoms with van der Waals surface area (Å²) in [5, 5.41) is 0. The Morgan fingerprint density at radius 1 is 1.06 bits per heavy atom. The van der Waals surface area contributed by atoms with Gasteiger partial charge < -0.3 is 4.57 Å². The first kappa shape index (κ1) is 8.96. The molecule has 0 aliphatic rings. The Morgan fingerprint density at radius 3 is 2.81 bits per heavy atom. The Balaban J connectivity index is 2.01. The summed E-state index contributed by atoms with van der Waals surface area (Å²) < 4.78 is 1.99. The van der Waals surface area contributed by atoms with E-state index in [1.54, 1.807) is 24.9 Å². The summed E-state index contributed by atoms with van der Waals surface area (Å²) in [5.74, 6) is 0. The van der Waals surface area contributed by atoms with E-state index in [9.17, 15) is 0 Å². The number of imidazole rings is 1. The molecule has 0 radical (unpaired) electrons. The summed E-state index contributed by atoms with van der Waals surface area (Å²) in [5.41, 5.74) is 2.84. The standard InChI is InChI=1S/C11H9N5/c1-3-12-4-2-9(1)6-16-8-15-10-5-13-7-14-11(10)16/h1-5,7-8H,6H2. The van der Waals surface area contributed by atoms with E-state index < -0.39 is 0 Å². The Labute approximate surface area is 91.8 Å². The molecule has 5 nitrogen and oxygen atoms in total. The number of rotatable bonds is 2. The maximum absolute atomic E-state index is 4.24. The molecule has 0 saturated carbocycles. The SMILES string of the molecule is c1cc(Cn2cnc3cncnc32)ccn1. The molecule has 0 aliphatic carbocycles. The molecule has 0 amide bonds. The quantitative estimate of drug-likeness (QED) is 0.640. The van der Waals surface area contributed by atoms with Crippen molar-refractivity contribution in [3.8, 4) is 0 Å². The van der Waals surface area contributed by atoms with Crippen LogP contribution in [0, 0.1) is 0 Å². The third-order valence-electron chi connectivity index (χ3n) is 2.38. The molecule has 5 heteroatoms. The van der Waals surface area contributed by atoms with Gasteiger partial charge in [-0.15, -0.1) is 0 Å². The smallest absolute Gasteiger partial charge is 0.163 e. The van der Waals surface area contributed by atoms with Gasteiger partial charge in [-0.25, -0.2) is 15.0 Å². The lowest BCUT2D eigenvalue weighted by Gasteiger charge is -2.02. The highest BCUT2D eigenvalue weighted by Gasteiger charge is 2.03. The van der Waals surface area contributed by atoms with Crippen molar-refractivity contribution in [3.63, 3.8) is 0 Å². The van der Waals surface area contributed by atoms with E-state index >= 15 is 0 Å². The number of aromatic nitrogens is 5. The van der Waals surface area contributed by atoms with Crippen LogP contribution in [0.4, 0.5) is 0 Å². The zero-order valence-electron chi connectivity index (χ0n) is 8.48. The van der Waals surface area contributed by atoms with E-state index in [1.165, 1.54) is 11.9 Å². The molecule has 0 aliphatic heterocycles. The van der Waals surface area contributed by atoms with Crippen molar-refractivity contribution in [1.29, 1.82) is 0 Å². The number of hydrogen-bond acceptors (Lipinski definition) is 4. The summed E-state index contributed by atoms with van der Waals surface area (Å²) >= 11 is 0. The molecule has 0 atom stereocenters.